The van der Waals surface area contributed by atoms with Gasteiger partial charge in [0.1, 0.15) is 6.29 Å². The van der Waals surface area contributed by atoms with Gasteiger partial charge >= 0.3 is 12.0 Å². The number of urea groups is 1. The molecule has 0 aromatic rings. The molecule has 26 heavy (non-hydrogen) atoms. The molecule has 0 N–H and O–H groups in total. The quantitative estimate of drug-likeness (QED) is 0.239. The summed E-state index contributed by atoms with van der Waals surface area (Å²) >= 11 is 0. The van der Waals surface area contributed by atoms with Crippen LogP contribution in [0.15, 0.2) is 12.2 Å². The van der Waals surface area contributed by atoms with E-state index in [4.69, 9.17) is 11.2 Å². The Bertz CT molecular complexity index is 554. The highest BCUT2D eigenvalue weighted by Crippen LogP contribution is 2.52. The molecule has 0 bridgehead atoms. The van der Waals surface area contributed by atoms with Gasteiger partial charge in [-0.05, 0) is 25.7 Å². The zero-order valence-electron chi connectivity index (χ0n) is 16.4. The van der Waals surface area contributed by atoms with Gasteiger partial charge in [0.15, 0.2) is 6.73 Å². The highest BCUT2D eigenvalue weighted by atomic mass is 16.5. The third-order valence-electron chi connectivity index (χ3n) is 3.37. The standard InChI is InChI=1S/C14H20N2O4.C4H8.C2H2/c1-5-6-16(7-8-17)13(19)15(4)10-20-12(18)11-9-14(11,2)3;1-4(2)3;1-2/h1,8,11H,6-7,9-10H2,2-4H3;1H2,2-3H3;1-2H/t11-;;/m0../s1. The molecule has 6 nitrogen and oxygen atoms in total. The first kappa shape index (κ1) is 25.5. The van der Waals surface area contributed by atoms with E-state index in [-0.39, 0.29) is 37.1 Å². The largest absolute Gasteiger partial charge is 0.444 e. The molecule has 1 aliphatic rings. The second-order valence-electron chi connectivity index (χ2n) is 6.78. The van der Waals surface area contributed by atoms with E-state index >= 15 is 0 Å². The van der Waals surface area contributed by atoms with Gasteiger partial charge in [-0.3, -0.25) is 9.69 Å². The van der Waals surface area contributed by atoms with E-state index in [2.05, 4.69) is 25.3 Å². The number of hydrogen-bond donors (Lipinski definition) is 0. The van der Waals surface area contributed by atoms with Crippen molar-refractivity contribution >= 4 is 18.3 Å². The van der Waals surface area contributed by atoms with Gasteiger partial charge in [0.2, 0.25) is 0 Å². The molecular weight excluding hydrogens is 332 g/mol. The van der Waals surface area contributed by atoms with E-state index in [1.54, 1.807) is 0 Å². The van der Waals surface area contributed by atoms with Crippen molar-refractivity contribution in [3.8, 4) is 25.2 Å². The zero-order chi connectivity index (χ0) is 20.9. The highest BCUT2D eigenvalue weighted by Gasteiger charge is 2.51. The van der Waals surface area contributed by atoms with Gasteiger partial charge in [-0.1, -0.05) is 25.3 Å². The summed E-state index contributed by atoms with van der Waals surface area (Å²) in [7, 11) is 1.49. The van der Waals surface area contributed by atoms with Crippen LogP contribution in [0.4, 0.5) is 4.79 Å². The molecule has 1 fully saturated rings. The number of hydrogen-bond acceptors (Lipinski definition) is 4. The van der Waals surface area contributed by atoms with Crippen LogP contribution >= 0.6 is 0 Å². The molecule has 0 heterocycles. The minimum atomic E-state index is -0.446. The number of carbonyl (C=O) groups excluding carboxylic acids is 3. The molecule has 6 heteroatoms. The van der Waals surface area contributed by atoms with Crippen LogP contribution in [0.3, 0.4) is 0 Å². The summed E-state index contributed by atoms with van der Waals surface area (Å²) in [5, 5.41) is 0. The fourth-order valence-corrected chi connectivity index (χ4v) is 1.84. The fourth-order valence-electron chi connectivity index (χ4n) is 1.84. The molecule has 0 unspecified atom stereocenters. The molecule has 1 atom stereocenters. The monoisotopic (exact) mass is 362 g/mol. The number of nitrogens with zero attached hydrogens (tertiary/aromatic N) is 2. The van der Waals surface area contributed by atoms with Gasteiger partial charge in [-0.2, -0.15) is 0 Å². The van der Waals surface area contributed by atoms with Crippen LogP contribution in [0.2, 0.25) is 0 Å². The summed E-state index contributed by atoms with van der Waals surface area (Å²) in [5.74, 6) is 1.91. The van der Waals surface area contributed by atoms with Crippen LogP contribution in [-0.2, 0) is 14.3 Å². The lowest BCUT2D eigenvalue weighted by Crippen LogP contribution is -2.43. The Hall–Kier alpha value is -2.73. The van der Waals surface area contributed by atoms with E-state index < -0.39 is 6.03 Å². The van der Waals surface area contributed by atoms with E-state index in [0.717, 1.165) is 6.42 Å². The normalized spacial score (nSPS) is 15.4. The Balaban J connectivity index is 0. The van der Waals surface area contributed by atoms with Crippen LogP contribution < -0.4 is 0 Å². The number of esters is 1. The molecule has 0 aromatic carbocycles. The Morgan fingerprint density at radius 1 is 1.35 bits per heavy atom. The maximum Gasteiger partial charge on any atom is 0.323 e. The molecule has 0 aromatic heterocycles. The molecule has 0 saturated heterocycles. The number of carbonyl (C=O) groups is 3. The van der Waals surface area contributed by atoms with Crippen molar-refractivity contribution in [1.82, 2.24) is 9.80 Å². The number of allylic oxidation sites excluding steroid dienone is 1. The van der Waals surface area contributed by atoms with Crippen LogP contribution in [0.5, 0.6) is 0 Å². The van der Waals surface area contributed by atoms with E-state index in [1.807, 2.05) is 27.7 Å². The average Bonchev–Trinajstić information content (AvgIpc) is 3.21. The van der Waals surface area contributed by atoms with E-state index in [0.29, 0.717) is 6.29 Å². The predicted molar refractivity (Wildman–Crippen MR) is 103 cm³/mol. The Kier molecular flexibility index (Phi) is 12.4. The second kappa shape index (κ2) is 12.6. The Morgan fingerprint density at radius 2 is 1.81 bits per heavy atom. The summed E-state index contributed by atoms with van der Waals surface area (Å²) in [6, 6.07) is -0.446. The first-order valence-electron chi connectivity index (χ1n) is 8.06. The Morgan fingerprint density at radius 3 is 2.15 bits per heavy atom. The SMILES string of the molecule is C#C.C#CCN(CC=O)C(=O)N(C)COC(=O)[C@@H]1CC1(C)C.C=C(C)C. The van der Waals surface area contributed by atoms with Gasteiger partial charge in [0.05, 0.1) is 19.0 Å². The molecule has 0 aliphatic heterocycles. The number of ether oxygens (including phenoxy) is 1. The number of rotatable bonds is 6. The molecule has 144 valence electrons. The molecule has 1 aliphatic carbocycles. The highest BCUT2D eigenvalue weighted by molar-refractivity contribution is 5.78. The summed E-state index contributed by atoms with van der Waals surface area (Å²) < 4.78 is 5.09. The number of amides is 2. The van der Waals surface area contributed by atoms with Crippen molar-refractivity contribution in [3.05, 3.63) is 12.2 Å². The summed E-state index contributed by atoms with van der Waals surface area (Å²) in [6.07, 6.45) is 14.5. The fraction of sp³-hybridized carbons (Fsp3) is 0.550. The van der Waals surface area contributed by atoms with Crippen molar-refractivity contribution in [2.45, 2.75) is 34.1 Å². The first-order chi connectivity index (χ1) is 12.1. The molecule has 0 radical (unpaired) electrons. The molecule has 2 amide bonds. The van der Waals surface area contributed by atoms with Crippen molar-refractivity contribution in [1.29, 1.82) is 0 Å². The van der Waals surface area contributed by atoms with Crippen LogP contribution in [-0.4, -0.2) is 55.0 Å². The average molecular weight is 362 g/mol. The van der Waals surface area contributed by atoms with Gasteiger partial charge in [-0.25, -0.2) is 4.79 Å². The topological polar surface area (TPSA) is 66.9 Å². The second-order valence-corrected chi connectivity index (χ2v) is 6.78. The minimum absolute atomic E-state index is 0.00726. The van der Waals surface area contributed by atoms with E-state index in [9.17, 15) is 14.4 Å². The predicted octanol–water partition coefficient (Wildman–Crippen LogP) is 2.55. The Labute approximate surface area is 157 Å². The molecule has 0 spiro atoms. The van der Waals surface area contributed by atoms with Crippen molar-refractivity contribution in [2.24, 2.45) is 11.3 Å². The van der Waals surface area contributed by atoms with Gasteiger partial charge < -0.3 is 14.4 Å². The smallest absolute Gasteiger partial charge is 0.323 e. The third-order valence-corrected chi connectivity index (χ3v) is 3.37. The van der Waals surface area contributed by atoms with Gasteiger partial charge in [0.25, 0.3) is 0 Å². The lowest BCUT2D eigenvalue weighted by atomic mass is 10.1. The van der Waals surface area contributed by atoms with Gasteiger partial charge in [-0.15, -0.1) is 25.8 Å². The van der Waals surface area contributed by atoms with Crippen molar-refractivity contribution in [3.63, 3.8) is 0 Å². The lowest BCUT2D eigenvalue weighted by molar-refractivity contribution is -0.149. The van der Waals surface area contributed by atoms with Crippen LogP contribution in [0.1, 0.15) is 34.1 Å². The third kappa shape index (κ3) is 10.2. The summed E-state index contributed by atoms with van der Waals surface area (Å²) in [4.78, 5) is 36.6. The zero-order valence-corrected chi connectivity index (χ0v) is 16.4. The van der Waals surface area contributed by atoms with Crippen molar-refractivity contribution in [2.75, 3.05) is 26.9 Å². The minimum Gasteiger partial charge on any atom is -0.444 e. The van der Waals surface area contributed by atoms with Crippen LogP contribution in [0, 0.1) is 36.5 Å². The summed E-state index contributed by atoms with van der Waals surface area (Å²) in [5.41, 5.74) is 1.16. The van der Waals surface area contributed by atoms with Gasteiger partial charge in [0, 0.05) is 7.05 Å². The van der Waals surface area contributed by atoms with E-state index in [1.165, 1.54) is 22.4 Å². The first-order valence-corrected chi connectivity index (χ1v) is 8.06. The lowest BCUT2D eigenvalue weighted by Gasteiger charge is -2.24. The number of aldehydes is 1. The van der Waals surface area contributed by atoms with Crippen molar-refractivity contribution < 1.29 is 19.1 Å². The maximum absolute atomic E-state index is 12.0. The maximum atomic E-state index is 12.0. The number of terminal acetylenes is 2. The molecular formula is C20H30N2O4. The molecule has 1 saturated carbocycles. The summed E-state index contributed by atoms with van der Waals surface area (Å²) in [6.45, 7) is 11.3. The molecule has 1 rings (SSSR count). The van der Waals surface area contributed by atoms with Crippen LogP contribution in [0.25, 0.3) is 0 Å².